The van der Waals surface area contributed by atoms with E-state index in [1.807, 2.05) is 18.2 Å². The molecule has 2 nitrogen and oxygen atoms in total. The molecule has 0 heterocycles. The molecule has 1 aromatic carbocycles. The Balaban J connectivity index is 1.28. The Morgan fingerprint density at radius 3 is 2.32 bits per heavy atom. The lowest BCUT2D eigenvalue weighted by Gasteiger charge is -2.32. The van der Waals surface area contributed by atoms with Crippen molar-refractivity contribution in [1.29, 1.82) is 5.26 Å². The number of ether oxygens (including phenoxy) is 1. The predicted molar refractivity (Wildman–Crippen MR) is 130 cm³/mol. The lowest BCUT2D eigenvalue weighted by molar-refractivity contribution is -0.00824. The average molecular weight is 420 g/mol. The number of nitrogens with zero attached hydrogens (tertiary/aromatic N) is 1. The van der Waals surface area contributed by atoms with Crippen LogP contribution in [0.1, 0.15) is 94.6 Å². The van der Waals surface area contributed by atoms with Crippen molar-refractivity contribution in [1.82, 2.24) is 0 Å². The first-order chi connectivity index (χ1) is 15.3. The molecule has 168 valence electrons. The quantitative estimate of drug-likeness (QED) is 0.285. The standard InChI is InChI=1S/C29H41NO/c1-2-8-24-10-16-27(17-11-24)28-18-12-26(13-19-28)23-31-29-20-14-25(15-21-29)9-6-4-3-5-7-22-30/h3-5,7,10-11,16-17,25-26,28-29H,2,6,8-9,12-15,18-21,23H2,1H3/t25-,26-,28-,29-. The van der Waals surface area contributed by atoms with Gasteiger partial charge in [0.05, 0.1) is 12.2 Å². The summed E-state index contributed by atoms with van der Waals surface area (Å²) in [5, 5.41) is 8.48. The van der Waals surface area contributed by atoms with E-state index >= 15 is 0 Å². The second kappa shape index (κ2) is 13.5. The molecule has 0 aromatic heterocycles. The van der Waals surface area contributed by atoms with Crippen LogP contribution in [0.25, 0.3) is 0 Å². The summed E-state index contributed by atoms with van der Waals surface area (Å²) in [5.74, 6) is 2.37. The first kappa shape index (κ1) is 23.8. The Morgan fingerprint density at radius 1 is 0.935 bits per heavy atom. The van der Waals surface area contributed by atoms with Crippen LogP contribution in [0, 0.1) is 23.2 Å². The molecule has 1 aromatic rings. The van der Waals surface area contributed by atoms with E-state index in [9.17, 15) is 0 Å². The fourth-order valence-electron chi connectivity index (χ4n) is 5.37. The van der Waals surface area contributed by atoms with Crippen molar-refractivity contribution < 1.29 is 4.74 Å². The lowest BCUT2D eigenvalue weighted by Crippen LogP contribution is -2.25. The normalized spacial score (nSPS) is 27.0. The monoisotopic (exact) mass is 419 g/mol. The molecule has 3 rings (SSSR count). The van der Waals surface area contributed by atoms with Crippen LogP contribution in [0.3, 0.4) is 0 Å². The first-order valence-electron chi connectivity index (χ1n) is 12.7. The third-order valence-corrected chi connectivity index (χ3v) is 7.36. The van der Waals surface area contributed by atoms with Gasteiger partial charge in [0.25, 0.3) is 0 Å². The zero-order chi connectivity index (χ0) is 21.7. The average Bonchev–Trinajstić information content (AvgIpc) is 2.82. The highest BCUT2D eigenvalue weighted by molar-refractivity contribution is 5.25. The second-order valence-corrected chi connectivity index (χ2v) is 9.68. The molecule has 31 heavy (non-hydrogen) atoms. The smallest absolute Gasteiger partial charge is 0.0912 e. The van der Waals surface area contributed by atoms with Crippen molar-refractivity contribution in [2.75, 3.05) is 6.61 Å². The largest absolute Gasteiger partial charge is 0.378 e. The molecule has 2 aliphatic rings. The number of rotatable bonds is 10. The van der Waals surface area contributed by atoms with Crippen molar-refractivity contribution in [3.8, 4) is 6.07 Å². The summed E-state index contributed by atoms with van der Waals surface area (Å²) in [6.07, 6.45) is 23.2. The summed E-state index contributed by atoms with van der Waals surface area (Å²) in [4.78, 5) is 0. The molecule has 0 aliphatic heterocycles. The number of benzene rings is 1. The van der Waals surface area contributed by atoms with Crippen LogP contribution in [-0.2, 0) is 11.2 Å². The molecule has 0 saturated heterocycles. The van der Waals surface area contributed by atoms with Crippen molar-refractivity contribution in [3.05, 3.63) is 59.7 Å². The Bertz CT molecular complexity index is 710. The molecule has 2 heteroatoms. The SMILES string of the molecule is CCCc1ccc([C@H]2CC[C@H](CO[C@H]3CC[C@H](CCC=CC=CC#N)CC3)CC2)cc1. The van der Waals surface area contributed by atoms with Crippen molar-refractivity contribution in [3.63, 3.8) is 0 Å². The Hall–Kier alpha value is -1.85. The van der Waals surface area contributed by atoms with Gasteiger partial charge in [0.2, 0.25) is 0 Å². The number of hydrogen-bond acceptors (Lipinski definition) is 2. The van der Waals surface area contributed by atoms with E-state index in [-0.39, 0.29) is 0 Å². The van der Waals surface area contributed by atoms with Gasteiger partial charge in [-0.15, -0.1) is 0 Å². The van der Waals surface area contributed by atoms with Crippen LogP contribution in [0.5, 0.6) is 0 Å². The molecular formula is C29H41NO. The molecule has 2 fully saturated rings. The van der Waals surface area contributed by atoms with E-state index < -0.39 is 0 Å². The molecule has 0 bridgehead atoms. The number of nitriles is 1. The molecular weight excluding hydrogens is 378 g/mol. The van der Waals surface area contributed by atoms with Gasteiger partial charge in [-0.25, -0.2) is 0 Å². The minimum Gasteiger partial charge on any atom is -0.378 e. The fraction of sp³-hybridized carbons (Fsp3) is 0.621. The minimum absolute atomic E-state index is 0.495. The van der Waals surface area contributed by atoms with Gasteiger partial charge in [-0.2, -0.15) is 5.26 Å². The number of aryl methyl sites for hydroxylation is 1. The summed E-state index contributed by atoms with van der Waals surface area (Å²) in [7, 11) is 0. The molecule has 0 unspecified atom stereocenters. The van der Waals surface area contributed by atoms with Crippen LogP contribution in [0.2, 0.25) is 0 Å². The molecule has 0 N–H and O–H groups in total. The van der Waals surface area contributed by atoms with Crippen LogP contribution < -0.4 is 0 Å². The molecule has 0 spiro atoms. The van der Waals surface area contributed by atoms with Gasteiger partial charge in [-0.05, 0) is 99.5 Å². The first-order valence-corrected chi connectivity index (χ1v) is 12.7. The molecule has 2 saturated carbocycles. The lowest BCUT2D eigenvalue weighted by atomic mass is 9.78. The molecule has 2 aliphatic carbocycles. The summed E-state index contributed by atoms with van der Waals surface area (Å²) < 4.78 is 6.37. The van der Waals surface area contributed by atoms with E-state index in [0.29, 0.717) is 6.10 Å². The van der Waals surface area contributed by atoms with E-state index in [2.05, 4.69) is 37.3 Å². The van der Waals surface area contributed by atoms with E-state index in [0.717, 1.165) is 30.8 Å². The van der Waals surface area contributed by atoms with Crippen LogP contribution >= 0.6 is 0 Å². The van der Waals surface area contributed by atoms with Gasteiger partial charge in [0.1, 0.15) is 0 Å². The zero-order valence-corrected chi connectivity index (χ0v) is 19.5. The van der Waals surface area contributed by atoms with Gasteiger partial charge >= 0.3 is 0 Å². The van der Waals surface area contributed by atoms with Crippen LogP contribution in [0.15, 0.2) is 48.6 Å². The van der Waals surface area contributed by atoms with Gasteiger partial charge in [-0.1, -0.05) is 55.8 Å². The highest BCUT2D eigenvalue weighted by atomic mass is 16.5. The van der Waals surface area contributed by atoms with E-state index in [1.165, 1.54) is 82.3 Å². The highest BCUT2D eigenvalue weighted by Gasteiger charge is 2.25. The van der Waals surface area contributed by atoms with Crippen molar-refractivity contribution in [2.24, 2.45) is 11.8 Å². The maximum Gasteiger partial charge on any atom is 0.0912 e. The fourth-order valence-corrected chi connectivity index (χ4v) is 5.37. The number of hydrogen-bond donors (Lipinski definition) is 0. The van der Waals surface area contributed by atoms with Gasteiger partial charge in [0.15, 0.2) is 0 Å². The summed E-state index contributed by atoms with van der Waals surface area (Å²) in [6.45, 7) is 3.23. The maximum atomic E-state index is 8.48. The van der Waals surface area contributed by atoms with Crippen LogP contribution in [0.4, 0.5) is 0 Å². The third-order valence-electron chi connectivity index (χ3n) is 7.36. The number of allylic oxidation sites excluding steroid dienone is 4. The van der Waals surface area contributed by atoms with Gasteiger partial charge < -0.3 is 4.74 Å². The van der Waals surface area contributed by atoms with E-state index in [1.54, 1.807) is 5.56 Å². The minimum atomic E-state index is 0.495. The Morgan fingerprint density at radius 2 is 1.65 bits per heavy atom. The highest BCUT2D eigenvalue weighted by Crippen LogP contribution is 2.37. The summed E-state index contributed by atoms with van der Waals surface area (Å²) >= 11 is 0. The molecule has 0 amide bonds. The second-order valence-electron chi connectivity index (χ2n) is 9.68. The summed E-state index contributed by atoms with van der Waals surface area (Å²) in [6, 6.07) is 11.5. The molecule has 0 radical (unpaired) electrons. The van der Waals surface area contributed by atoms with Crippen LogP contribution in [-0.4, -0.2) is 12.7 Å². The molecule has 0 atom stereocenters. The van der Waals surface area contributed by atoms with E-state index in [4.69, 9.17) is 10.00 Å². The van der Waals surface area contributed by atoms with Gasteiger partial charge in [0, 0.05) is 12.7 Å². The third kappa shape index (κ3) is 8.30. The van der Waals surface area contributed by atoms with Crippen molar-refractivity contribution >= 4 is 0 Å². The van der Waals surface area contributed by atoms with Crippen molar-refractivity contribution in [2.45, 2.75) is 96.0 Å². The Labute approximate surface area is 190 Å². The maximum absolute atomic E-state index is 8.48. The predicted octanol–water partition coefficient (Wildman–Crippen LogP) is 7.90. The zero-order valence-electron chi connectivity index (χ0n) is 19.5. The van der Waals surface area contributed by atoms with Gasteiger partial charge in [-0.3, -0.25) is 0 Å². The topological polar surface area (TPSA) is 33.0 Å². The summed E-state index contributed by atoms with van der Waals surface area (Å²) in [5.41, 5.74) is 3.03. The Kier molecular flexibility index (Phi) is 10.4.